The third-order valence-electron chi connectivity index (χ3n) is 5.73. The van der Waals surface area contributed by atoms with Gasteiger partial charge in [0.2, 0.25) is 5.91 Å². The monoisotopic (exact) mass is 426 g/mol. The highest BCUT2D eigenvalue weighted by molar-refractivity contribution is 7.91. The number of hydrogen-bond donors (Lipinski definition) is 0. The van der Waals surface area contributed by atoms with Crippen LogP contribution in [0.25, 0.3) is 0 Å². The van der Waals surface area contributed by atoms with Gasteiger partial charge in [0.15, 0.2) is 9.84 Å². The van der Waals surface area contributed by atoms with E-state index in [1.165, 1.54) is 24.3 Å². The Kier molecular flexibility index (Phi) is 7.29. The maximum atomic E-state index is 13.0. The molecule has 0 saturated carbocycles. The lowest BCUT2D eigenvalue weighted by atomic mass is 9.94. The highest BCUT2D eigenvalue weighted by Crippen LogP contribution is 2.22. The van der Waals surface area contributed by atoms with Crippen LogP contribution in [0.4, 0.5) is 4.39 Å². The van der Waals surface area contributed by atoms with Gasteiger partial charge in [-0.05, 0) is 77.0 Å². The number of ether oxygens (including phenoxy) is 1. The molecule has 2 saturated heterocycles. The van der Waals surface area contributed by atoms with Gasteiger partial charge < -0.3 is 14.5 Å². The van der Waals surface area contributed by atoms with Crippen molar-refractivity contribution in [1.29, 1.82) is 0 Å². The molecule has 2 aliphatic rings. The molecule has 0 bridgehead atoms. The first kappa shape index (κ1) is 22.2. The summed E-state index contributed by atoms with van der Waals surface area (Å²) in [4.78, 5) is 17.2. The predicted molar refractivity (Wildman–Crippen MR) is 109 cm³/mol. The summed E-state index contributed by atoms with van der Waals surface area (Å²) >= 11 is 0. The summed E-state index contributed by atoms with van der Waals surface area (Å²) in [6, 6.07) is 4.97. The Morgan fingerprint density at radius 1 is 1.10 bits per heavy atom. The fraction of sp³-hybridized carbons (Fsp3) is 0.667. The Morgan fingerprint density at radius 2 is 1.69 bits per heavy atom. The zero-order chi connectivity index (χ0) is 21.0. The number of nitrogens with zero attached hydrogens (tertiary/aromatic N) is 2. The highest BCUT2D eigenvalue weighted by atomic mass is 32.2. The number of piperidine rings is 1. The number of morpholine rings is 1. The number of rotatable bonds is 6. The van der Waals surface area contributed by atoms with Gasteiger partial charge in [0.05, 0.1) is 22.9 Å². The number of benzene rings is 1. The second-order valence-electron chi connectivity index (χ2n) is 8.24. The summed E-state index contributed by atoms with van der Waals surface area (Å²) in [6.07, 6.45) is 2.29. The Balaban J connectivity index is 1.42. The summed E-state index contributed by atoms with van der Waals surface area (Å²) in [5, 5.41) is 0. The molecule has 6 nitrogen and oxygen atoms in total. The third-order valence-corrected chi connectivity index (χ3v) is 7.54. The quantitative estimate of drug-likeness (QED) is 0.653. The van der Waals surface area contributed by atoms with E-state index in [2.05, 4.69) is 4.90 Å². The van der Waals surface area contributed by atoms with Gasteiger partial charge in [-0.2, -0.15) is 0 Å². The normalized spacial score (nSPS) is 24.6. The molecule has 1 aromatic rings. The van der Waals surface area contributed by atoms with Crippen molar-refractivity contribution in [3.8, 4) is 0 Å². The summed E-state index contributed by atoms with van der Waals surface area (Å²) in [5.41, 5.74) is 0. The van der Waals surface area contributed by atoms with E-state index in [1.807, 2.05) is 18.7 Å². The fourth-order valence-electron chi connectivity index (χ4n) is 4.26. The fourth-order valence-corrected chi connectivity index (χ4v) is 5.55. The molecule has 8 heteroatoms. The van der Waals surface area contributed by atoms with Crippen LogP contribution in [0.3, 0.4) is 0 Å². The van der Waals surface area contributed by atoms with E-state index in [9.17, 15) is 17.6 Å². The van der Waals surface area contributed by atoms with Gasteiger partial charge in [0.1, 0.15) is 5.82 Å². The molecule has 0 aromatic heterocycles. The minimum absolute atomic E-state index is 0.0427. The molecular weight excluding hydrogens is 395 g/mol. The SMILES string of the molecule is CC1CN(C(=O)C2CCN(CCCS(=O)(=O)c3ccc(F)cc3)CC2)CC(C)O1. The maximum absolute atomic E-state index is 13.0. The van der Waals surface area contributed by atoms with E-state index in [0.29, 0.717) is 26.1 Å². The van der Waals surface area contributed by atoms with E-state index in [1.54, 1.807) is 0 Å². The second-order valence-corrected chi connectivity index (χ2v) is 10.4. The van der Waals surface area contributed by atoms with E-state index in [-0.39, 0.29) is 34.7 Å². The van der Waals surface area contributed by atoms with Crippen molar-refractivity contribution < 1.29 is 22.3 Å². The minimum atomic E-state index is -3.39. The summed E-state index contributed by atoms with van der Waals surface area (Å²) < 4.78 is 43.4. The molecule has 2 atom stereocenters. The molecule has 2 aliphatic heterocycles. The van der Waals surface area contributed by atoms with Gasteiger partial charge in [0.25, 0.3) is 0 Å². The molecule has 0 aliphatic carbocycles. The Morgan fingerprint density at radius 3 is 2.28 bits per heavy atom. The lowest BCUT2D eigenvalue weighted by molar-refractivity contribution is -0.148. The van der Waals surface area contributed by atoms with Gasteiger partial charge in [-0.1, -0.05) is 0 Å². The Bertz CT molecular complexity index is 781. The van der Waals surface area contributed by atoms with Crippen LogP contribution in [-0.2, 0) is 19.4 Å². The topological polar surface area (TPSA) is 66.9 Å². The lowest BCUT2D eigenvalue weighted by Gasteiger charge is -2.39. The predicted octanol–water partition coefficient (Wildman–Crippen LogP) is 2.34. The molecule has 1 amide bonds. The van der Waals surface area contributed by atoms with Crippen LogP contribution in [0.5, 0.6) is 0 Å². The minimum Gasteiger partial charge on any atom is -0.372 e. The first-order chi connectivity index (χ1) is 13.7. The highest BCUT2D eigenvalue weighted by Gasteiger charge is 2.32. The van der Waals surface area contributed by atoms with Gasteiger partial charge in [-0.3, -0.25) is 4.79 Å². The van der Waals surface area contributed by atoms with Gasteiger partial charge in [0, 0.05) is 19.0 Å². The number of hydrogen-bond acceptors (Lipinski definition) is 5. The van der Waals surface area contributed by atoms with Crippen LogP contribution in [0.1, 0.15) is 33.1 Å². The Labute approximate surface area is 172 Å². The van der Waals surface area contributed by atoms with Crippen molar-refractivity contribution in [2.24, 2.45) is 5.92 Å². The van der Waals surface area contributed by atoms with Gasteiger partial charge >= 0.3 is 0 Å². The third kappa shape index (κ3) is 5.99. The largest absolute Gasteiger partial charge is 0.372 e. The average Bonchev–Trinajstić information content (AvgIpc) is 2.67. The van der Waals surface area contributed by atoms with Crippen LogP contribution >= 0.6 is 0 Å². The lowest BCUT2D eigenvalue weighted by Crippen LogP contribution is -2.51. The van der Waals surface area contributed by atoms with Crippen LogP contribution in [0.15, 0.2) is 29.2 Å². The number of halogens is 1. The summed E-state index contributed by atoms with van der Waals surface area (Å²) in [5.74, 6) is -0.124. The summed E-state index contributed by atoms with van der Waals surface area (Å²) in [6.45, 7) is 7.62. The average molecular weight is 427 g/mol. The smallest absolute Gasteiger partial charge is 0.225 e. The van der Waals surface area contributed by atoms with Gasteiger partial charge in [-0.15, -0.1) is 0 Å². The van der Waals surface area contributed by atoms with E-state index in [0.717, 1.165) is 25.9 Å². The van der Waals surface area contributed by atoms with Crippen molar-refractivity contribution in [3.63, 3.8) is 0 Å². The van der Waals surface area contributed by atoms with Crippen molar-refractivity contribution >= 4 is 15.7 Å². The second kappa shape index (κ2) is 9.53. The molecule has 1 aromatic carbocycles. The first-order valence-corrected chi connectivity index (χ1v) is 12.0. The molecule has 3 rings (SSSR count). The van der Waals surface area contributed by atoms with E-state index in [4.69, 9.17) is 4.74 Å². The van der Waals surface area contributed by atoms with Crippen molar-refractivity contribution in [2.75, 3.05) is 38.5 Å². The number of sulfone groups is 1. The zero-order valence-electron chi connectivity index (χ0n) is 17.2. The van der Waals surface area contributed by atoms with Crippen molar-refractivity contribution in [3.05, 3.63) is 30.1 Å². The van der Waals surface area contributed by atoms with Crippen LogP contribution < -0.4 is 0 Å². The van der Waals surface area contributed by atoms with E-state index < -0.39 is 15.7 Å². The molecule has 0 radical (unpaired) electrons. The molecule has 2 fully saturated rings. The van der Waals surface area contributed by atoms with Crippen LogP contribution in [0.2, 0.25) is 0 Å². The van der Waals surface area contributed by atoms with Crippen LogP contribution in [-0.4, -0.2) is 74.8 Å². The number of carbonyl (C=O) groups is 1. The maximum Gasteiger partial charge on any atom is 0.225 e. The number of amides is 1. The number of carbonyl (C=O) groups excluding carboxylic acids is 1. The molecule has 2 heterocycles. The first-order valence-electron chi connectivity index (χ1n) is 10.4. The van der Waals surface area contributed by atoms with Crippen LogP contribution in [0, 0.1) is 11.7 Å². The summed E-state index contributed by atoms with van der Waals surface area (Å²) in [7, 11) is -3.39. The van der Waals surface area contributed by atoms with Crippen molar-refractivity contribution in [1.82, 2.24) is 9.80 Å². The van der Waals surface area contributed by atoms with Crippen molar-refractivity contribution in [2.45, 2.75) is 50.2 Å². The standard InChI is InChI=1S/C21H31FN2O4S/c1-16-14-24(15-17(2)28-16)21(25)18-8-11-23(12-9-18)10-3-13-29(26,27)20-6-4-19(22)5-7-20/h4-7,16-18H,3,8-15H2,1-2H3. The molecular formula is C21H31FN2O4S. The molecule has 162 valence electrons. The zero-order valence-corrected chi connectivity index (χ0v) is 18.0. The van der Waals surface area contributed by atoms with Gasteiger partial charge in [-0.25, -0.2) is 12.8 Å². The number of likely N-dealkylation sites (tertiary alicyclic amines) is 1. The molecule has 29 heavy (non-hydrogen) atoms. The Hall–Kier alpha value is -1.51. The van der Waals surface area contributed by atoms with E-state index >= 15 is 0 Å². The molecule has 0 spiro atoms. The molecule has 0 N–H and O–H groups in total. The molecule has 2 unspecified atom stereocenters.